The summed E-state index contributed by atoms with van der Waals surface area (Å²) in [5.41, 5.74) is 0.634. The van der Waals surface area contributed by atoms with Gasteiger partial charge in [-0.2, -0.15) is 11.8 Å². The second-order valence-electron chi connectivity index (χ2n) is 4.72. The molecule has 1 amide bonds. The maximum atomic E-state index is 13.3. The van der Waals surface area contributed by atoms with E-state index in [1.807, 2.05) is 6.26 Å². The minimum absolute atomic E-state index is 0.153. The van der Waals surface area contributed by atoms with Crippen molar-refractivity contribution >= 4 is 17.7 Å². The van der Waals surface area contributed by atoms with Crippen LogP contribution >= 0.6 is 11.8 Å². The number of carbonyl (C=O) groups excluding carboxylic acids is 1. The van der Waals surface area contributed by atoms with Gasteiger partial charge in [-0.1, -0.05) is 11.8 Å². The van der Waals surface area contributed by atoms with Gasteiger partial charge >= 0.3 is 0 Å². The van der Waals surface area contributed by atoms with Gasteiger partial charge in [0.2, 0.25) is 0 Å². The Morgan fingerprint density at radius 3 is 2.90 bits per heavy atom. The zero-order valence-electron chi connectivity index (χ0n) is 11.2. The summed E-state index contributed by atoms with van der Waals surface area (Å²) in [6.07, 6.45) is 4.21. The molecule has 1 aliphatic carbocycles. The zero-order valence-corrected chi connectivity index (χ0v) is 12.0. The number of hydrogen-bond acceptors (Lipinski definition) is 3. The van der Waals surface area contributed by atoms with Crippen LogP contribution in [0.4, 0.5) is 4.39 Å². The van der Waals surface area contributed by atoms with Crippen molar-refractivity contribution in [2.75, 3.05) is 19.4 Å². The summed E-state index contributed by atoms with van der Waals surface area (Å²) in [6.45, 7) is 0.282. The maximum absolute atomic E-state index is 13.3. The summed E-state index contributed by atoms with van der Waals surface area (Å²) in [5.74, 6) is 4.34. The monoisotopic (exact) mass is 293 g/mol. The predicted octanol–water partition coefficient (Wildman–Crippen LogP) is 1.79. The van der Waals surface area contributed by atoms with E-state index in [1.165, 1.54) is 18.2 Å². The second kappa shape index (κ2) is 6.29. The highest BCUT2D eigenvalue weighted by Gasteiger charge is 2.42. The van der Waals surface area contributed by atoms with Gasteiger partial charge in [0, 0.05) is 16.9 Å². The van der Waals surface area contributed by atoms with Crippen molar-refractivity contribution in [3.8, 4) is 11.8 Å². The number of aliphatic hydroxyl groups is 1. The number of carbonyl (C=O) groups is 1. The number of benzene rings is 1. The van der Waals surface area contributed by atoms with Crippen molar-refractivity contribution in [1.82, 2.24) is 5.32 Å². The molecule has 5 heteroatoms. The van der Waals surface area contributed by atoms with Gasteiger partial charge in [0.15, 0.2) is 0 Å². The average molecular weight is 293 g/mol. The Labute approximate surface area is 122 Å². The molecule has 0 saturated heterocycles. The number of rotatable bonds is 4. The second-order valence-corrected chi connectivity index (χ2v) is 5.99. The van der Waals surface area contributed by atoms with Crippen LogP contribution < -0.4 is 5.32 Å². The van der Waals surface area contributed by atoms with E-state index in [9.17, 15) is 9.18 Å². The standard InChI is InChI=1S/C15H16FNO2S/c1-20-15(6-7-15)10-17-14(19)13-9-12(16)5-4-11(13)3-2-8-18/h4-5,9,18H,6-8,10H2,1H3,(H,17,19). The summed E-state index contributed by atoms with van der Waals surface area (Å²) in [6, 6.07) is 3.88. The Balaban J connectivity index is 2.13. The third kappa shape index (κ3) is 3.53. The molecule has 2 N–H and O–H groups in total. The fourth-order valence-corrected chi connectivity index (χ4v) is 2.60. The van der Waals surface area contributed by atoms with Crippen LogP contribution in [-0.4, -0.2) is 35.2 Å². The van der Waals surface area contributed by atoms with Crippen LogP contribution in [0, 0.1) is 17.7 Å². The molecule has 2 rings (SSSR count). The molecular formula is C15H16FNO2S. The van der Waals surface area contributed by atoms with E-state index in [-0.39, 0.29) is 22.8 Å². The lowest BCUT2D eigenvalue weighted by molar-refractivity contribution is 0.0952. The van der Waals surface area contributed by atoms with E-state index >= 15 is 0 Å². The van der Waals surface area contributed by atoms with Crippen molar-refractivity contribution < 1.29 is 14.3 Å². The number of hydrogen-bond donors (Lipinski definition) is 2. The van der Waals surface area contributed by atoms with Crippen LogP contribution in [0.5, 0.6) is 0 Å². The van der Waals surface area contributed by atoms with Crippen LogP contribution in [-0.2, 0) is 0 Å². The van der Waals surface area contributed by atoms with Crippen LogP contribution in [0.2, 0.25) is 0 Å². The molecule has 0 radical (unpaired) electrons. The summed E-state index contributed by atoms with van der Waals surface area (Å²) >= 11 is 1.75. The number of nitrogens with one attached hydrogen (secondary N) is 1. The van der Waals surface area contributed by atoms with Crippen molar-refractivity contribution in [2.45, 2.75) is 17.6 Å². The third-order valence-electron chi connectivity index (χ3n) is 3.34. The molecule has 0 unspecified atom stereocenters. The van der Waals surface area contributed by atoms with Gasteiger partial charge in [-0.15, -0.1) is 0 Å². The molecule has 20 heavy (non-hydrogen) atoms. The minimum Gasteiger partial charge on any atom is -0.384 e. The van der Waals surface area contributed by atoms with Crippen molar-refractivity contribution in [1.29, 1.82) is 0 Å². The molecular weight excluding hydrogens is 277 g/mol. The average Bonchev–Trinajstić information content (AvgIpc) is 3.24. The number of thioether (sulfide) groups is 1. The molecule has 1 aliphatic rings. The Bertz CT molecular complexity index is 573. The number of aliphatic hydroxyl groups excluding tert-OH is 1. The summed E-state index contributed by atoms with van der Waals surface area (Å²) in [4.78, 5) is 12.2. The van der Waals surface area contributed by atoms with Crippen molar-refractivity contribution in [2.24, 2.45) is 0 Å². The first-order chi connectivity index (χ1) is 9.60. The first-order valence-electron chi connectivity index (χ1n) is 6.33. The van der Waals surface area contributed by atoms with E-state index < -0.39 is 5.82 Å². The minimum atomic E-state index is -0.476. The first kappa shape index (κ1) is 14.9. The normalized spacial score (nSPS) is 15.2. The number of amides is 1. The Morgan fingerprint density at radius 2 is 2.30 bits per heavy atom. The molecule has 1 saturated carbocycles. The van der Waals surface area contributed by atoms with Gasteiger partial charge in [-0.3, -0.25) is 4.79 Å². The largest absolute Gasteiger partial charge is 0.384 e. The lowest BCUT2D eigenvalue weighted by Gasteiger charge is -2.13. The fraction of sp³-hybridized carbons (Fsp3) is 0.400. The van der Waals surface area contributed by atoms with Gasteiger partial charge in [0.25, 0.3) is 5.91 Å². The zero-order chi connectivity index (χ0) is 14.6. The smallest absolute Gasteiger partial charge is 0.252 e. The molecule has 106 valence electrons. The predicted molar refractivity (Wildman–Crippen MR) is 78.2 cm³/mol. The van der Waals surface area contributed by atoms with Crippen LogP contribution in [0.1, 0.15) is 28.8 Å². The molecule has 1 aromatic rings. The van der Waals surface area contributed by atoms with E-state index in [2.05, 4.69) is 17.2 Å². The highest BCUT2D eigenvalue weighted by Crippen LogP contribution is 2.46. The fourth-order valence-electron chi connectivity index (χ4n) is 1.88. The molecule has 0 heterocycles. The highest BCUT2D eigenvalue weighted by molar-refractivity contribution is 8.00. The van der Waals surface area contributed by atoms with Crippen molar-refractivity contribution in [3.63, 3.8) is 0 Å². The summed E-state index contributed by atoms with van der Waals surface area (Å²) in [7, 11) is 0. The first-order valence-corrected chi connectivity index (χ1v) is 7.55. The molecule has 0 aromatic heterocycles. The van der Waals surface area contributed by atoms with Gasteiger partial charge in [-0.25, -0.2) is 4.39 Å². The molecule has 0 spiro atoms. The maximum Gasteiger partial charge on any atom is 0.252 e. The lowest BCUT2D eigenvalue weighted by Crippen LogP contribution is -2.32. The highest BCUT2D eigenvalue weighted by atomic mass is 32.2. The molecule has 0 atom stereocenters. The Hall–Kier alpha value is -1.51. The molecule has 0 aliphatic heterocycles. The quantitative estimate of drug-likeness (QED) is 0.832. The molecule has 1 fully saturated rings. The third-order valence-corrected chi connectivity index (χ3v) is 4.76. The topological polar surface area (TPSA) is 49.3 Å². The Morgan fingerprint density at radius 1 is 1.55 bits per heavy atom. The van der Waals surface area contributed by atoms with Crippen molar-refractivity contribution in [3.05, 3.63) is 35.1 Å². The van der Waals surface area contributed by atoms with E-state index in [4.69, 9.17) is 5.11 Å². The molecule has 0 bridgehead atoms. The summed E-state index contributed by atoms with van der Waals surface area (Å²) in [5, 5.41) is 11.6. The molecule has 1 aromatic carbocycles. The molecule has 3 nitrogen and oxygen atoms in total. The number of halogens is 1. The van der Waals surface area contributed by atoms with Crippen LogP contribution in [0.3, 0.4) is 0 Å². The van der Waals surface area contributed by atoms with E-state index in [1.54, 1.807) is 11.8 Å². The Kier molecular flexibility index (Phi) is 4.69. The van der Waals surface area contributed by atoms with Gasteiger partial charge in [0.1, 0.15) is 12.4 Å². The van der Waals surface area contributed by atoms with Gasteiger partial charge < -0.3 is 10.4 Å². The SMILES string of the molecule is CSC1(CNC(=O)c2cc(F)ccc2C#CCO)CC1. The lowest BCUT2D eigenvalue weighted by atomic mass is 10.1. The van der Waals surface area contributed by atoms with Crippen LogP contribution in [0.15, 0.2) is 18.2 Å². The summed E-state index contributed by atoms with van der Waals surface area (Å²) < 4.78 is 13.5. The van der Waals surface area contributed by atoms with Gasteiger partial charge in [0.05, 0.1) is 5.56 Å². The van der Waals surface area contributed by atoms with E-state index in [0.29, 0.717) is 12.1 Å². The van der Waals surface area contributed by atoms with Gasteiger partial charge in [-0.05, 0) is 37.3 Å². The van der Waals surface area contributed by atoms with E-state index in [0.717, 1.165) is 12.8 Å². The van der Waals surface area contributed by atoms with Crippen LogP contribution in [0.25, 0.3) is 0 Å².